The smallest absolute Gasteiger partial charge is 0.233 e. The van der Waals surface area contributed by atoms with Gasteiger partial charge in [0.1, 0.15) is 5.82 Å². The van der Waals surface area contributed by atoms with Crippen molar-refractivity contribution in [3.05, 3.63) is 18.5 Å². The molecule has 0 aliphatic heterocycles. The van der Waals surface area contributed by atoms with Crippen LogP contribution in [-0.2, 0) is 11.2 Å². The van der Waals surface area contributed by atoms with E-state index in [1.54, 1.807) is 6.08 Å². The Morgan fingerprint density at radius 2 is 2.50 bits per heavy atom. The molecule has 88 valence electrons. The highest BCUT2D eigenvalue weighted by Gasteiger charge is 2.15. The van der Waals surface area contributed by atoms with Crippen LogP contribution in [0.5, 0.6) is 0 Å². The third-order valence-electron chi connectivity index (χ3n) is 1.92. The molecule has 0 spiro atoms. The van der Waals surface area contributed by atoms with Crippen LogP contribution in [0.15, 0.2) is 17.8 Å². The first-order chi connectivity index (χ1) is 7.67. The first kappa shape index (κ1) is 12.8. The minimum atomic E-state index is -0.208. The summed E-state index contributed by atoms with van der Waals surface area (Å²) in [6, 6.07) is 0. The maximum atomic E-state index is 11.5. The standard InChI is InChI=1S/C10H16N4OS/c1-4-6-11-9(15)7(3)16-10-12-8(5-2)13-14-10/h4,7H,1,5-6H2,2-3H3,(H,11,15)(H,12,13,14). The molecule has 1 heterocycles. The summed E-state index contributed by atoms with van der Waals surface area (Å²) < 4.78 is 0. The number of aryl methyl sites for hydroxylation is 1. The molecule has 0 saturated heterocycles. The summed E-state index contributed by atoms with van der Waals surface area (Å²) in [7, 11) is 0. The lowest BCUT2D eigenvalue weighted by Crippen LogP contribution is -2.30. The van der Waals surface area contributed by atoms with Crippen molar-refractivity contribution in [2.75, 3.05) is 6.54 Å². The van der Waals surface area contributed by atoms with E-state index in [4.69, 9.17) is 0 Å². The molecule has 1 aromatic heterocycles. The van der Waals surface area contributed by atoms with Gasteiger partial charge in [0.05, 0.1) is 5.25 Å². The van der Waals surface area contributed by atoms with Gasteiger partial charge in [0.15, 0.2) is 0 Å². The molecular weight excluding hydrogens is 224 g/mol. The number of carbonyl (C=O) groups is 1. The molecule has 16 heavy (non-hydrogen) atoms. The molecule has 1 amide bonds. The summed E-state index contributed by atoms with van der Waals surface area (Å²) >= 11 is 1.34. The van der Waals surface area contributed by atoms with Gasteiger partial charge in [-0.15, -0.1) is 11.7 Å². The Kier molecular flexibility index (Phi) is 5.04. The number of nitrogens with one attached hydrogen (secondary N) is 2. The first-order valence-corrected chi connectivity index (χ1v) is 6.01. The van der Waals surface area contributed by atoms with Gasteiger partial charge in [-0.1, -0.05) is 24.8 Å². The summed E-state index contributed by atoms with van der Waals surface area (Å²) in [4.78, 5) is 15.8. The molecule has 1 aromatic rings. The highest BCUT2D eigenvalue weighted by Crippen LogP contribution is 2.18. The molecule has 5 nitrogen and oxygen atoms in total. The SMILES string of the molecule is C=CCNC(=O)C(C)Sc1n[nH]c(CC)n1. The van der Waals surface area contributed by atoms with Gasteiger partial charge in [-0.05, 0) is 6.92 Å². The van der Waals surface area contributed by atoms with Gasteiger partial charge in [-0.2, -0.15) is 0 Å². The second kappa shape index (κ2) is 6.32. The van der Waals surface area contributed by atoms with Crippen molar-refractivity contribution in [1.82, 2.24) is 20.5 Å². The Morgan fingerprint density at radius 3 is 3.06 bits per heavy atom. The monoisotopic (exact) mass is 240 g/mol. The molecule has 0 saturated carbocycles. The summed E-state index contributed by atoms with van der Waals surface area (Å²) in [6.07, 6.45) is 2.46. The van der Waals surface area contributed by atoms with Gasteiger partial charge in [0.2, 0.25) is 11.1 Å². The summed E-state index contributed by atoms with van der Waals surface area (Å²) in [5.41, 5.74) is 0. The van der Waals surface area contributed by atoms with Crippen LogP contribution in [0.4, 0.5) is 0 Å². The number of hydrogen-bond donors (Lipinski definition) is 2. The van der Waals surface area contributed by atoms with Crippen molar-refractivity contribution >= 4 is 17.7 Å². The van der Waals surface area contributed by atoms with Crippen LogP contribution in [-0.4, -0.2) is 32.9 Å². The minimum Gasteiger partial charge on any atom is -0.352 e. The molecule has 0 radical (unpaired) electrons. The maximum Gasteiger partial charge on any atom is 0.233 e. The maximum absolute atomic E-state index is 11.5. The van der Waals surface area contributed by atoms with E-state index in [9.17, 15) is 4.79 Å². The Balaban J connectivity index is 2.46. The first-order valence-electron chi connectivity index (χ1n) is 5.14. The van der Waals surface area contributed by atoms with Crippen molar-refractivity contribution in [1.29, 1.82) is 0 Å². The molecule has 0 bridgehead atoms. The van der Waals surface area contributed by atoms with Crippen LogP contribution in [0.2, 0.25) is 0 Å². The normalized spacial score (nSPS) is 12.1. The molecule has 1 unspecified atom stereocenters. The lowest BCUT2D eigenvalue weighted by Gasteiger charge is -2.07. The Morgan fingerprint density at radius 1 is 1.75 bits per heavy atom. The van der Waals surface area contributed by atoms with E-state index < -0.39 is 0 Å². The van der Waals surface area contributed by atoms with E-state index >= 15 is 0 Å². The van der Waals surface area contributed by atoms with Crippen LogP contribution >= 0.6 is 11.8 Å². The largest absolute Gasteiger partial charge is 0.352 e. The van der Waals surface area contributed by atoms with Crippen LogP contribution in [0.1, 0.15) is 19.7 Å². The fourth-order valence-electron chi connectivity index (χ4n) is 1.02. The highest BCUT2D eigenvalue weighted by molar-refractivity contribution is 8.00. The van der Waals surface area contributed by atoms with E-state index in [1.807, 2.05) is 13.8 Å². The van der Waals surface area contributed by atoms with Crippen molar-refractivity contribution in [2.45, 2.75) is 30.7 Å². The van der Waals surface area contributed by atoms with Gasteiger partial charge >= 0.3 is 0 Å². The Hall–Kier alpha value is -1.30. The number of nitrogens with zero attached hydrogens (tertiary/aromatic N) is 2. The van der Waals surface area contributed by atoms with Crippen LogP contribution in [0.3, 0.4) is 0 Å². The zero-order valence-corrected chi connectivity index (χ0v) is 10.3. The molecule has 6 heteroatoms. The predicted octanol–water partition coefficient (Wildman–Crippen LogP) is 1.15. The van der Waals surface area contributed by atoms with Crippen molar-refractivity contribution in [3.63, 3.8) is 0 Å². The van der Waals surface area contributed by atoms with Gasteiger partial charge in [0, 0.05) is 13.0 Å². The summed E-state index contributed by atoms with van der Waals surface area (Å²) in [5.74, 6) is 0.800. The van der Waals surface area contributed by atoms with E-state index in [-0.39, 0.29) is 11.2 Å². The summed E-state index contributed by atoms with van der Waals surface area (Å²) in [6.45, 7) is 7.84. The van der Waals surface area contributed by atoms with Crippen LogP contribution in [0.25, 0.3) is 0 Å². The number of rotatable bonds is 6. The lowest BCUT2D eigenvalue weighted by molar-refractivity contribution is -0.120. The number of aromatic nitrogens is 3. The second-order valence-electron chi connectivity index (χ2n) is 3.21. The molecule has 1 rings (SSSR count). The van der Waals surface area contributed by atoms with E-state index in [0.29, 0.717) is 11.7 Å². The lowest BCUT2D eigenvalue weighted by atomic mass is 10.4. The Bertz CT molecular complexity index is 363. The number of amides is 1. The fraction of sp³-hybridized carbons (Fsp3) is 0.500. The fourth-order valence-corrected chi connectivity index (χ4v) is 1.78. The predicted molar refractivity (Wildman–Crippen MR) is 64.3 cm³/mol. The van der Waals surface area contributed by atoms with E-state index in [2.05, 4.69) is 27.1 Å². The Labute approximate surface area is 99.1 Å². The molecule has 0 aliphatic carbocycles. The summed E-state index contributed by atoms with van der Waals surface area (Å²) in [5, 5.41) is 9.96. The second-order valence-corrected chi connectivity index (χ2v) is 4.52. The number of carbonyl (C=O) groups excluding carboxylic acids is 1. The van der Waals surface area contributed by atoms with Crippen molar-refractivity contribution in [3.8, 4) is 0 Å². The average molecular weight is 240 g/mol. The van der Waals surface area contributed by atoms with Crippen molar-refractivity contribution < 1.29 is 4.79 Å². The zero-order valence-electron chi connectivity index (χ0n) is 9.49. The third kappa shape index (κ3) is 3.69. The molecule has 0 aliphatic rings. The van der Waals surface area contributed by atoms with E-state index in [0.717, 1.165) is 12.2 Å². The molecule has 1 atom stereocenters. The van der Waals surface area contributed by atoms with Crippen LogP contribution < -0.4 is 5.32 Å². The van der Waals surface area contributed by atoms with Gasteiger partial charge in [0.25, 0.3) is 0 Å². The number of thioether (sulfide) groups is 1. The number of aromatic amines is 1. The van der Waals surface area contributed by atoms with Crippen LogP contribution in [0, 0.1) is 0 Å². The number of H-pyrrole nitrogens is 1. The molecular formula is C10H16N4OS. The average Bonchev–Trinajstić information content (AvgIpc) is 2.73. The quantitative estimate of drug-likeness (QED) is 0.578. The minimum absolute atomic E-state index is 0.0345. The van der Waals surface area contributed by atoms with Gasteiger partial charge in [-0.3, -0.25) is 9.89 Å². The molecule has 0 fully saturated rings. The van der Waals surface area contributed by atoms with Crippen molar-refractivity contribution in [2.24, 2.45) is 0 Å². The topological polar surface area (TPSA) is 70.7 Å². The highest BCUT2D eigenvalue weighted by atomic mass is 32.2. The zero-order chi connectivity index (χ0) is 12.0. The third-order valence-corrected chi connectivity index (χ3v) is 2.88. The number of hydrogen-bond acceptors (Lipinski definition) is 4. The van der Waals surface area contributed by atoms with Gasteiger partial charge in [-0.25, -0.2) is 4.98 Å². The van der Waals surface area contributed by atoms with E-state index in [1.165, 1.54) is 11.8 Å². The molecule has 0 aromatic carbocycles. The molecule has 2 N–H and O–H groups in total. The van der Waals surface area contributed by atoms with Gasteiger partial charge < -0.3 is 5.32 Å².